The van der Waals surface area contributed by atoms with Crippen LogP contribution in [0.2, 0.25) is 0 Å². The Hall–Kier alpha value is -1.10. The van der Waals surface area contributed by atoms with Gasteiger partial charge < -0.3 is 10.6 Å². The molecule has 0 aliphatic carbocycles. The van der Waals surface area contributed by atoms with E-state index in [2.05, 4.69) is 34.4 Å². The van der Waals surface area contributed by atoms with Crippen molar-refractivity contribution in [3.63, 3.8) is 0 Å². The van der Waals surface area contributed by atoms with Crippen molar-refractivity contribution in [2.75, 3.05) is 6.54 Å². The van der Waals surface area contributed by atoms with Crippen LogP contribution < -0.4 is 10.6 Å². The highest BCUT2D eigenvalue weighted by molar-refractivity contribution is 5.78. The van der Waals surface area contributed by atoms with Crippen LogP contribution in [0.15, 0.2) is 16.6 Å². The third-order valence-corrected chi connectivity index (χ3v) is 4.98. The number of aliphatic imine (C=N–C) groups is 1. The lowest BCUT2D eigenvalue weighted by Crippen LogP contribution is -2.58. The Morgan fingerprint density at radius 2 is 2.14 bits per heavy atom. The topological polar surface area (TPSA) is 39.7 Å². The fraction of sp³-hybridized carbons (Fsp3) is 0.812. The Bertz CT molecular complexity index is 481. The van der Waals surface area contributed by atoms with E-state index in [0.29, 0.717) is 17.9 Å². The zero-order chi connectivity index (χ0) is 15.3. The fourth-order valence-corrected chi connectivity index (χ4v) is 4.11. The van der Waals surface area contributed by atoms with Gasteiger partial charge in [-0.15, -0.1) is 0 Å². The van der Waals surface area contributed by atoms with Crippen LogP contribution in [0.5, 0.6) is 0 Å². The van der Waals surface area contributed by atoms with Crippen LogP contribution in [0.25, 0.3) is 0 Å². The van der Waals surface area contributed by atoms with Gasteiger partial charge >= 0.3 is 0 Å². The summed E-state index contributed by atoms with van der Waals surface area (Å²) in [7, 11) is 0. The monoisotopic (exact) mass is 294 g/mol. The fourth-order valence-electron chi connectivity index (χ4n) is 4.11. The summed E-state index contributed by atoms with van der Waals surface area (Å²) < 4.78 is 14.0. The molecule has 3 heterocycles. The van der Waals surface area contributed by atoms with E-state index in [1.54, 1.807) is 0 Å². The van der Waals surface area contributed by atoms with E-state index < -0.39 is 5.66 Å². The SMILES string of the molecule is CC1(C)N=CC(F)=C(N[C@H]2C[C@H]3CCCN3C(C)(C)C2)N1. The molecule has 21 heavy (non-hydrogen) atoms. The Balaban J connectivity index is 1.72. The second kappa shape index (κ2) is 4.97. The largest absolute Gasteiger partial charge is 0.367 e. The zero-order valence-corrected chi connectivity index (χ0v) is 13.5. The summed E-state index contributed by atoms with van der Waals surface area (Å²) >= 11 is 0. The second-order valence-electron chi connectivity index (χ2n) is 7.75. The van der Waals surface area contributed by atoms with Crippen molar-refractivity contribution in [3.05, 3.63) is 11.6 Å². The maximum absolute atomic E-state index is 14.0. The minimum absolute atomic E-state index is 0.187. The standard InChI is InChI=1S/C16H27FN4/c1-15(2)9-11(8-12-6-5-7-21(12)15)19-14-13(17)10-18-16(3,4)20-14/h10-12,19-20H,5-9H2,1-4H3/t11-,12+/m0/s1. The first-order chi connectivity index (χ1) is 9.77. The molecule has 0 amide bonds. The summed E-state index contributed by atoms with van der Waals surface area (Å²) in [5.74, 6) is 0.211. The summed E-state index contributed by atoms with van der Waals surface area (Å²) in [5, 5.41) is 6.57. The summed E-state index contributed by atoms with van der Waals surface area (Å²) in [6, 6.07) is 0.954. The van der Waals surface area contributed by atoms with E-state index in [1.807, 2.05) is 13.8 Å². The molecule has 3 aliphatic heterocycles. The van der Waals surface area contributed by atoms with Crippen molar-refractivity contribution < 1.29 is 4.39 Å². The third-order valence-electron chi connectivity index (χ3n) is 4.98. The van der Waals surface area contributed by atoms with Gasteiger partial charge in [-0.1, -0.05) is 0 Å². The van der Waals surface area contributed by atoms with E-state index in [9.17, 15) is 4.39 Å². The summed E-state index contributed by atoms with van der Waals surface area (Å²) in [5.41, 5.74) is -0.256. The first-order valence-electron chi connectivity index (χ1n) is 8.03. The molecule has 0 bridgehead atoms. The molecule has 0 aromatic rings. The molecule has 0 spiro atoms. The molecule has 118 valence electrons. The van der Waals surface area contributed by atoms with Crippen LogP contribution >= 0.6 is 0 Å². The van der Waals surface area contributed by atoms with Gasteiger partial charge in [-0.3, -0.25) is 9.89 Å². The Kier molecular flexibility index (Phi) is 3.51. The molecule has 2 N–H and O–H groups in total. The lowest BCUT2D eigenvalue weighted by Gasteiger charge is -2.48. The van der Waals surface area contributed by atoms with E-state index in [0.717, 1.165) is 12.8 Å². The lowest BCUT2D eigenvalue weighted by atomic mass is 9.84. The average molecular weight is 294 g/mol. The highest BCUT2D eigenvalue weighted by atomic mass is 19.1. The average Bonchev–Trinajstić information content (AvgIpc) is 2.82. The van der Waals surface area contributed by atoms with Gasteiger partial charge in [0.15, 0.2) is 5.83 Å². The van der Waals surface area contributed by atoms with Gasteiger partial charge in [-0.2, -0.15) is 0 Å². The number of nitrogens with one attached hydrogen (secondary N) is 2. The van der Waals surface area contributed by atoms with Crippen LogP contribution in [0, 0.1) is 0 Å². The van der Waals surface area contributed by atoms with E-state index >= 15 is 0 Å². The smallest absolute Gasteiger partial charge is 0.180 e. The van der Waals surface area contributed by atoms with E-state index in [-0.39, 0.29) is 11.4 Å². The van der Waals surface area contributed by atoms with E-state index in [4.69, 9.17) is 0 Å². The Morgan fingerprint density at radius 1 is 1.38 bits per heavy atom. The van der Waals surface area contributed by atoms with Crippen LogP contribution in [0.1, 0.15) is 53.4 Å². The molecule has 3 aliphatic rings. The minimum atomic E-state index is -0.443. The summed E-state index contributed by atoms with van der Waals surface area (Å²) in [4.78, 5) is 6.79. The van der Waals surface area contributed by atoms with Crippen molar-refractivity contribution in [2.45, 2.75) is 76.7 Å². The van der Waals surface area contributed by atoms with E-state index in [1.165, 1.54) is 25.6 Å². The first-order valence-corrected chi connectivity index (χ1v) is 8.03. The van der Waals surface area contributed by atoms with Gasteiger partial charge in [0, 0.05) is 17.6 Å². The summed E-state index contributed by atoms with van der Waals surface area (Å²) in [6.07, 6.45) is 6.02. The number of piperidine rings is 1. The molecular formula is C16H27FN4. The predicted molar refractivity (Wildman–Crippen MR) is 83.8 cm³/mol. The van der Waals surface area contributed by atoms with Gasteiger partial charge in [0.2, 0.25) is 0 Å². The molecule has 0 saturated carbocycles. The molecule has 3 rings (SSSR count). The number of hydrogen-bond donors (Lipinski definition) is 2. The van der Waals surface area contributed by atoms with Crippen molar-refractivity contribution in [2.24, 2.45) is 4.99 Å². The highest BCUT2D eigenvalue weighted by Gasteiger charge is 2.43. The molecular weight excluding hydrogens is 267 g/mol. The number of halogens is 1. The Morgan fingerprint density at radius 3 is 2.90 bits per heavy atom. The number of allylic oxidation sites excluding steroid dienone is 1. The Labute approximate surface area is 126 Å². The van der Waals surface area contributed by atoms with Gasteiger partial charge in [-0.05, 0) is 59.9 Å². The maximum atomic E-state index is 14.0. The van der Waals surface area contributed by atoms with Crippen LogP contribution in [0.3, 0.4) is 0 Å². The number of rotatable bonds is 2. The normalized spacial score (nSPS) is 34.5. The van der Waals surface area contributed by atoms with Crippen molar-refractivity contribution >= 4 is 6.21 Å². The van der Waals surface area contributed by atoms with Crippen molar-refractivity contribution in [1.82, 2.24) is 15.5 Å². The molecule has 0 aromatic carbocycles. The van der Waals surface area contributed by atoms with Gasteiger partial charge in [0.25, 0.3) is 0 Å². The molecule has 5 heteroatoms. The van der Waals surface area contributed by atoms with Crippen LogP contribution in [-0.2, 0) is 0 Å². The van der Waals surface area contributed by atoms with Gasteiger partial charge in [0.1, 0.15) is 11.5 Å². The van der Waals surface area contributed by atoms with Gasteiger partial charge in [-0.25, -0.2) is 4.39 Å². The molecule has 0 radical (unpaired) electrons. The van der Waals surface area contributed by atoms with Crippen molar-refractivity contribution in [3.8, 4) is 0 Å². The first kappa shape index (κ1) is 14.8. The third kappa shape index (κ3) is 2.93. The zero-order valence-electron chi connectivity index (χ0n) is 13.5. The second-order valence-corrected chi connectivity index (χ2v) is 7.75. The lowest BCUT2D eigenvalue weighted by molar-refractivity contribution is 0.0391. The molecule has 2 saturated heterocycles. The quantitative estimate of drug-likeness (QED) is 0.822. The number of nitrogens with zero attached hydrogens (tertiary/aromatic N) is 2. The van der Waals surface area contributed by atoms with Gasteiger partial charge in [0.05, 0.1) is 6.21 Å². The molecule has 2 atom stereocenters. The summed E-state index contributed by atoms with van der Waals surface area (Å²) in [6.45, 7) is 9.72. The number of fused-ring (bicyclic) bond motifs is 1. The molecule has 2 fully saturated rings. The predicted octanol–water partition coefficient (Wildman–Crippen LogP) is 2.53. The highest BCUT2D eigenvalue weighted by Crippen LogP contribution is 2.37. The van der Waals surface area contributed by atoms with Crippen molar-refractivity contribution in [1.29, 1.82) is 0 Å². The molecule has 0 unspecified atom stereocenters. The van der Waals surface area contributed by atoms with Crippen LogP contribution in [0.4, 0.5) is 4.39 Å². The molecule has 0 aromatic heterocycles. The minimum Gasteiger partial charge on any atom is -0.367 e. The number of hydrogen-bond acceptors (Lipinski definition) is 4. The van der Waals surface area contributed by atoms with Crippen LogP contribution in [-0.4, -0.2) is 40.9 Å². The molecule has 4 nitrogen and oxygen atoms in total. The maximum Gasteiger partial charge on any atom is 0.180 e.